The highest BCUT2D eigenvalue weighted by Crippen LogP contribution is 2.20. The quantitative estimate of drug-likeness (QED) is 0.881. The molecule has 0 spiro atoms. The first-order chi connectivity index (χ1) is 11.6. The second kappa shape index (κ2) is 7.05. The van der Waals surface area contributed by atoms with Gasteiger partial charge in [0.25, 0.3) is 0 Å². The van der Waals surface area contributed by atoms with Crippen LogP contribution in [0.1, 0.15) is 36.8 Å². The molecule has 0 saturated heterocycles. The minimum atomic E-state index is -0.254. The van der Waals surface area contributed by atoms with Crippen LogP contribution >= 0.6 is 0 Å². The molecule has 1 aromatic carbocycles. The van der Waals surface area contributed by atoms with Gasteiger partial charge in [-0.15, -0.1) is 0 Å². The fourth-order valence-corrected chi connectivity index (χ4v) is 3.13. The lowest BCUT2D eigenvalue weighted by Gasteiger charge is -2.30. The number of hydrogen-bond acceptors (Lipinski definition) is 4. The Morgan fingerprint density at radius 2 is 2.25 bits per heavy atom. The van der Waals surface area contributed by atoms with Gasteiger partial charge in [-0.05, 0) is 31.5 Å². The van der Waals surface area contributed by atoms with Crippen LogP contribution in [0.25, 0.3) is 0 Å². The van der Waals surface area contributed by atoms with Crippen LogP contribution in [0.5, 0.6) is 5.75 Å². The predicted molar refractivity (Wildman–Crippen MR) is 91.7 cm³/mol. The molecule has 1 amide bonds. The predicted octanol–water partition coefficient (Wildman–Crippen LogP) is 2.04. The first kappa shape index (κ1) is 16.5. The first-order valence-electron chi connectivity index (χ1n) is 8.28. The lowest BCUT2D eigenvalue weighted by Crippen LogP contribution is -2.47. The molecule has 1 aromatic heterocycles. The average molecular weight is 328 g/mol. The molecule has 2 aromatic rings. The number of H-pyrrole nitrogens is 1. The average Bonchev–Trinajstić information content (AvgIpc) is 3.08. The van der Waals surface area contributed by atoms with E-state index in [1.165, 1.54) is 0 Å². The second-order valence-electron chi connectivity index (χ2n) is 6.22. The summed E-state index contributed by atoms with van der Waals surface area (Å²) >= 11 is 0. The molecule has 1 aliphatic rings. The Bertz CT molecular complexity index is 713. The van der Waals surface area contributed by atoms with Gasteiger partial charge in [0.1, 0.15) is 5.75 Å². The third kappa shape index (κ3) is 3.43. The zero-order chi connectivity index (χ0) is 17.1. The molecule has 2 atom stereocenters. The smallest absolute Gasteiger partial charge is 0.239 e. The van der Waals surface area contributed by atoms with Gasteiger partial charge in [0.2, 0.25) is 5.91 Å². The molecule has 0 saturated carbocycles. The van der Waals surface area contributed by atoms with Crippen molar-refractivity contribution in [2.75, 3.05) is 13.7 Å². The van der Waals surface area contributed by atoms with Crippen molar-refractivity contribution >= 4 is 5.91 Å². The van der Waals surface area contributed by atoms with E-state index in [1.807, 2.05) is 36.1 Å². The maximum atomic E-state index is 12.7. The van der Waals surface area contributed by atoms with Crippen molar-refractivity contribution < 1.29 is 9.53 Å². The highest BCUT2D eigenvalue weighted by molar-refractivity contribution is 5.81. The lowest BCUT2D eigenvalue weighted by molar-refractivity contribution is -0.134. The normalized spacial score (nSPS) is 16.4. The first-order valence-corrected chi connectivity index (χ1v) is 8.28. The molecule has 6 heteroatoms. The van der Waals surface area contributed by atoms with Crippen molar-refractivity contribution in [2.45, 2.75) is 38.9 Å². The number of rotatable bonds is 5. The van der Waals surface area contributed by atoms with Crippen LogP contribution in [0, 0.1) is 0 Å². The number of nitrogens with zero attached hydrogens (tertiary/aromatic N) is 2. The number of methoxy groups -OCH3 is 1. The molecule has 0 fully saturated rings. The molecule has 1 aliphatic heterocycles. The van der Waals surface area contributed by atoms with Crippen LogP contribution in [0.3, 0.4) is 0 Å². The number of benzene rings is 1. The van der Waals surface area contributed by atoms with Crippen LogP contribution in [-0.4, -0.2) is 40.5 Å². The number of carbonyl (C=O) groups is 1. The third-order valence-electron chi connectivity index (χ3n) is 4.55. The van der Waals surface area contributed by atoms with Crippen molar-refractivity contribution in [3.8, 4) is 5.75 Å². The van der Waals surface area contributed by atoms with Crippen molar-refractivity contribution in [3.05, 3.63) is 47.5 Å². The summed E-state index contributed by atoms with van der Waals surface area (Å²) in [5.41, 5.74) is 3.22. The summed E-state index contributed by atoms with van der Waals surface area (Å²) in [6, 6.07) is 7.72. The minimum absolute atomic E-state index is 0.0616. The highest BCUT2D eigenvalue weighted by Gasteiger charge is 2.26. The number of imidazole rings is 1. The van der Waals surface area contributed by atoms with Gasteiger partial charge in [-0.25, -0.2) is 4.98 Å². The molecule has 0 radical (unpaired) electrons. The Kier molecular flexibility index (Phi) is 4.85. The summed E-state index contributed by atoms with van der Waals surface area (Å²) in [6.07, 6.45) is 2.51. The number of nitrogens with one attached hydrogen (secondary N) is 2. The highest BCUT2D eigenvalue weighted by atomic mass is 16.5. The largest absolute Gasteiger partial charge is 0.497 e. The molecule has 6 nitrogen and oxygen atoms in total. The van der Waals surface area contributed by atoms with Crippen LogP contribution in [-0.2, 0) is 17.8 Å². The number of aromatic amines is 1. The number of carbonyl (C=O) groups excluding carboxylic acids is 1. The van der Waals surface area contributed by atoms with E-state index >= 15 is 0 Å². The zero-order valence-electron chi connectivity index (χ0n) is 14.4. The molecule has 128 valence electrons. The maximum absolute atomic E-state index is 12.7. The molecule has 0 aliphatic carbocycles. The number of aromatic nitrogens is 2. The van der Waals surface area contributed by atoms with Crippen molar-refractivity contribution in [1.29, 1.82) is 0 Å². The van der Waals surface area contributed by atoms with E-state index in [0.717, 1.165) is 35.7 Å². The minimum Gasteiger partial charge on any atom is -0.497 e. The molecule has 2 unspecified atom stereocenters. The number of hydrogen-bond donors (Lipinski definition) is 2. The standard InChI is InChI=1S/C18H24N4O2/c1-12(14-5-4-6-15(9-14)24-3)21-13(2)18(23)22-8-7-16-17(10-22)20-11-19-16/h4-6,9,11-13,21H,7-8,10H2,1-3H3,(H,19,20). The molecule has 0 bridgehead atoms. The Balaban J connectivity index is 1.61. The van der Waals surface area contributed by atoms with Gasteiger partial charge in [-0.2, -0.15) is 0 Å². The van der Waals surface area contributed by atoms with Gasteiger partial charge in [-0.1, -0.05) is 12.1 Å². The zero-order valence-corrected chi connectivity index (χ0v) is 14.4. The van der Waals surface area contributed by atoms with E-state index in [4.69, 9.17) is 4.74 Å². The van der Waals surface area contributed by atoms with E-state index in [-0.39, 0.29) is 18.0 Å². The summed E-state index contributed by atoms with van der Waals surface area (Å²) in [7, 11) is 1.66. The summed E-state index contributed by atoms with van der Waals surface area (Å²) < 4.78 is 5.27. The van der Waals surface area contributed by atoms with Gasteiger partial charge < -0.3 is 14.6 Å². The molecular weight excluding hydrogens is 304 g/mol. The van der Waals surface area contributed by atoms with Crippen LogP contribution < -0.4 is 10.1 Å². The summed E-state index contributed by atoms with van der Waals surface area (Å²) in [6.45, 7) is 5.30. The number of amides is 1. The van der Waals surface area contributed by atoms with Crippen LogP contribution in [0.15, 0.2) is 30.6 Å². The molecule has 3 rings (SSSR count). The van der Waals surface area contributed by atoms with Gasteiger partial charge in [-0.3, -0.25) is 10.1 Å². The fourth-order valence-electron chi connectivity index (χ4n) is 3.13. The van der Waals surface area contributed by atoms with Crippen molar-refractivity contribution in [3.63, 3.8) is 0 Å². The summed E-state index contributed by atoms with van der Waals surface area (Å²) in [5, 5.41) is 3.39. The van der Waals surface area contributed by atoms with Gasteiger partial charge >= 0.3 is 0 Å². The topological polar surface area (TPSA) is 70.2 Å². The summed E-state index contributed by atoms with van der Waals surface area (Å²) in [4.78, 5) is 22.0. The third-order valence-corrected chi connectivity index (χ3v) is 4.55. The lowest BCUT2D eigenvalue weighted by atomic mass is 10.1. The Morgan fingerprint density at radius 3 is 3.04 bits per heavy atom. The number of fused-ring (bicyclic) bond motifs is 1. The van der Waals surface area contributed by atoms with Gasteiger partial charge in [0.05, 0.1) is 37.4 Å². The van der Waals surface area contributed by atoms with E-state index < -0.39 is 0 Å². The fraction of sp³-hybridized carbons (Fsp3) is 0.444. The Labute approximate surface area is 142 Å². The van der Waals surface area contributed by atoms with E-state index in [9.17, 15) is 4.79 Å². The molecule has 2 N–H and O–H groups in total. The van der Waals surface area contributed by atoms with Crippen molar-refractivity contribution in [1.82, 2.24) is 20.2 Å². The SMILES string of the molecule is COc1cccc(C(C)NC(C)C(=O)N2CCc3nc[nH]c3C2)c1. The van der Waals surface area contributed by atoms with Gasteiger partial charge in [0.15, 0.2) is 0 Å². The summed E-state index contributed by atoms with van der Waals surface area (Å²) in [5.74, 6) is 0.938. The maximum Gasteiger partial charge on any atom is 0.239 e. The van der Waals surface area contributed by atoms with Crippen LogP contribution in [0.2, 0.25) is 0 Å². The number of ether oxygens (including phenoxy) is 1. The monoisotopic (exact) mass is 328 g/mol. The Morgan fingerprint density at radius 1 is 1.42 bits per heavy atom. The van der Waals surface area contributed by atoms with Crippen LogP contribution in [0.4, 0.5) is 0 Å². The molecule has 24 heavy (non-hydrogen) atoms. The molecular formula is C18H24N4O2. The van der Waals surface area contributed by atoms with E-state index in [0.29, 0.717) is 6.54 Å². The molecule has 2 heterocycles. The van der Waals surface area contributed by atoms with E-state index in [1.54, 1.807) is 13.4 Å². The second-order valence-corrected chi connectivity index (χ2v) is 6.22. The van der Waals surface area contributed by atoms with Crippen molar-refractivity contribution in [2.24, 2.45) is 0 Å². The Hall–Kier alpha value is -2.34. The van der Waals surface area contributed by atoms with Gasteiger partial charge in [0, 0.05) is 19.0 Å². The van der Waals surface area contributed by atoms with E-state index in [2.05, 4.69) is 22.2 Å².